The van der Waals surface area contributed by atoms with Crippen LogP contribution < -0.4 is 5.32 Å². The van der Waals surface area contributed by atoms with E-state index in [4.69, 9.17) is 0 Å². The lowest BCUT2D eigenvalue weighted by Gasteiger charge is -2.42. The van der Waals surface area contributed by atoms with Crippen LogP contribution >= 0.6 is 15.9 Å². The molecule has 1 fully saturated rings. The minimum atomic E-state index is 0.547. The van der Waals surface area contributed by atoms with Crippen molar-refractivity contribution in [3.8, 4) is 0 Å². The Morgan fingerprint density at radius 2 is 2.20 bits per heavy atom. The molecule has 0 aliphatic carbocycles. The largest absolute Gasteiger partial charge is 0.319 e. The van der Waals surface area contributed by atoms with Gasteiger partial charge in [0.1, 0.15) is 0 Å². The van der Waals surface area contributed by atoms with Crippen molar-refractivity contribution < 1.29 is 0 Å². The fourth-order valence-corrected chi connectivity index (χ4v) is 4.22. The predicted octanol–water partition coefficient (Wildman–Crippen LogP) is 4.14. The Labute approximate surface area is 132 Å². The first-order valence-electron chi connectivity index (χ1n) is 7.82. The van der Waals surface area contributed by atoms with Gasteiger partial charge >= 0.3 is 0 Å². The molecule has 20 heavy (non-hydrogen) atoms. The second-order valence-electron chi connectivity index (χ2n) is 5.97. The van der Waals surface area contributed by atoms with Crippen LogP contribution in [-0.4, -0.2) is 31.6 Å². The van der Waals surface area contributed by atoms with Gasteiger partial charge in [-0.25, -0.2) is 0 Å². The molecule has 1 heterocycles. The highest BCUT2D eigenvalue weighted by atomic mass is 79.9. The SMILES string of the molecule is CCCN1CCCC(CNC)C1c1ccc(C)cc1Br. The molecule has 1 aromatic rings. The highest BCUT2D eigenvalue weighted by molar-refractivity contribution is 9.10. The summed E-state index contributed by atoms with van der Waals surface area (Å²) < 4.78 is 1.27. The Bertz CT molecular complexity index is 415. The lowest BCUT2D eigenvalue weighted by Crippen LogP contribution is -2.42. The summed E-state index contributed by atoms with van der Waals surface area (Å²) in [6.45, 7) is 7.97. The average Bonchev–Trinajstić information content (AvgIpc) is 2.41. The molecule has 112 valence electrons. The van der Waals surface area contributed by atoms with Gasteiger partial charge in [-0.05, 0) is 76.0 Å². The number of rotatable bonds is 5. The number of nitrogens with zero attached hydrogens (tertiary/aromatic N) is 1. The maximum absolute atomic E-state index is 3.79. The van der Waals surface area contributed by atoms with Crippen LogP contribution in [0.15, 0.2) is 22.7 Å². The van der Waals surface area contributed by atoms with Gasteiger partial charge in [0.25, 0.3) is 0 Å². The lowest BCUT2D eigenvalue weighted by atomic mass is 9.84. The molecule has 0 spiro atoms. The number of halogens is 1. The van der Waals surface area contributed by atoms with E-state index in [0.29, 0.717) is 12.0 Å². The van der Waals surface area contributed by atoms with Crippen molar-refractivity contribution in [2.45, 2.75) is 39.2 Å². The topological polar surface area (TPSA) is 15.3 Å². The predicted molar refractivity (Wildman–Crippen MR) is 90.1 cm³/mol. The summed E-state index contributed by atoms with van der Waals surface area (Å²) >= 11 is 3.79. The number of hydrogen-bond donors (Lipinski definition) is 1. The van der Waals surface area contributed by atoms with E-state index in [1.54, 1.807) is 0 Å². The van der Waals surface area contributed by atoms with E-state index in [1.165, 1.54) is 48.0 Å². The van der Waals surface area contributed by atoms with E-state index in [2.05, 4.69) is 65.2 Å². The van der Waals surface area contributed by atoms with Crippen LogP contribution in [0.3, 0.4) is 0 Å². The molecule has 1 N–H and O–H groups in total. The maximum atomic E-state index is 3.79. The number of nitrogens with one attached hydrogen (secondary N) is 1. The molecule has 0 amide bonds. The van der Waals surface area contributed by atoms with Crippen LogP contribution in [0, 0.1) is 12.8 Å². The summed E-state index contributed by atoms with van der Waals surface area (Å²) in [6, 6.07) is 7.37. The molecule has 1 aliphatic rings. The Morgan fingerprint density at radius 3 is 2.85 bits per heavy atom. The van der Waals surface area contributed by atoms with Crippen LogP contribution in [-0.2, 0) is 0 Å². The number of likely N-dealkylation sites (tertiary alicyclic amines) is 1. The molecular formula is C17H27BrN2. The van der Waals surface area contributed by atoms with Crippen LogP contribution in [0.2, 0.25) is 0 Å². The quantitative estimate of drug-likeness (QED) is 0.867. The molecule has 2 unspecified atom stereocenters. The summed E-state index contributed by atoms with van der Waals surface area (Å²) in [6.07, 6.45) is 3.88. The lowest BCUT2D eigenvalue weighted by molar-refractivity contribution is 0.0919. The number of aryl methyl sites for hydroxylation is 1. The minimum Gasteiger partial charge on any atom is -0.319 e. The third-order valence-corrected chi connectivity index (χ3v) is 5.00. The fraction of sp³-hybridized carbons (Fsp3) is 0.647. The van der Waals surface area contributed by atoms with Crippen LogP contribution in [0.1, 0.15) is 43.4 Å². The van der Waals surface area contributed by atoms with Crippen molar-refractivity contribution in [2.24, 2.45) is 5.92 Å². The van der Waals surface area contributed by atoms with Gasteiger partial charge < -0.3 is 5.32 Å². The normalized spacial score (nSPS) is 24.0. The molecule has 2 nitrogen and oxygen atoms in total. The average molecular weight is 339 g/mol. The second kappa shape index (κ2) is 7.58. The Hall–Kier alpha value is -0.380. The fourth-order valence-electron chi connectivity index (χ4n) is 3.49. The molecule has 1 aliphatic heterocycles. The van der Waals surface area contributed by atoms with E-state index in [-0.39, 0.29) is 0 Å². The Kier molecular flexibility index (Phi) is 6.06. The van der Waals surface area contributed by atoms with Crippen molar-refractivity contribution in [3.63, 3.8) is 0 Å². The van der Waals surface area contributed by atoms with Gasteiger partial charge in [-0.2, -0.15) is 0 Å². The van der Waals surface area contributed by atoms with Crippen LogP contribution in [0.5, 0.6) is 0 Å². The first-order chi connectivity index (χ1) is 9.67. The number of hydrogen-bond acceptors (Lipinski definition) is 2. The third-order valence-electron chi connectivity index (χ3n) is 4.31. The third kappa shape index (κ3) is 3.63. The van der Waals surface area contributed by atoms with Gasteiger partial charge in [0, 0.05) is 10.5 Å². The molecule has 3 heteroatoms. The zero-order valence-electron chi connectivity index (χ0n) is 13.0. The van der Waals surface area contributed by atoms with Crippen molar-refractivity contribution in [1.82, 2.24) is 10.2 Å². The summed E-state index contributed by atoms with van der Waals surface area (Å²) in [7, 11) is 2.07. The molecule has 0 aromatic heterocycles. The van der Waals surface area contributed by atoms with Gasteiger partial charge in [0.2, 0.25) is 0 Å². The van der Waals surface area contributed by atoms with Gasteiger partial charge in [0.05, 0.1) is 0 Å². The first kappa shape index (κ1) is 16.0. The van der Waals surface area contributed by atoms with Gasteiger partial charge in [0.15, 0.2) is 0 Å². The van der Waals surface area contributed by atoms with Crippen molar-refractivity contribution in [3.05, 3.63) is 33.8 Å². The zero-order valence-corrected chi connectivity index (χ0v) is 14.5. The maximum Gasteiger partial charge on any atom is 0.0399 e. The summed E-state index contributed by atoms with van der Waals surface area (Å²) in [5, 5.41) is 3.39. The van der Waals surface area contributed by atoms with E-state index in [1.807, 2.05) is 0 Å². The van der Waals surface area contributed by atoms with Crippen molar-refractivity contribution in [1.29, 1.82) is 0 Å². The van der Waals surface area contributed by atoms with E-state index >= 15 is 0 Å². The number of piperidine rings is 1. The molecule has 1 aromatic carbocycles. The van der Waals surface area contributed by atoms with E-state index in [0.717, 1.165) is 6.54 Å². The summed E-state index contributed by atoms with van der Waals surface area (Å²) in [5.74, 6) is 0.708. The van der Waals surface area contributed by atoms with Crippen molar-refractivity contribution >= 4 is 15.9 Å². The smallest absolute Gasteiger partial charge is 0.0399 e. The van der Waals surface area contributed by atoms with Gasteiger partial charge in [-0.15, -0.1) is 0 Å². The second-order valence-corrected chi connectivity index (χ2v) is 6.82. The molecule has 0 bridgehead atoms. The molecule has 1 saturated heterocycles. The van der Waals surface area contributed by atoms with Crippen molar-refractivity contribution in [2.75, 3.05) is 26.7 Å². The monoisotopic (exact) mass is 338 g/mol. The standard InChI is InChI=1S/C17H27BrN2/c1-4-9-20-10-5-6-14(12-19-3)17(20)15-8-7-13(2)11-16(15)18/h7-8,11,14,17,19H,4-6,9-10,12H2,1-3H3. The molecule has 0 saturated carbocycles. The Balaban J connectivity index is 2.32. The molecule has 2 atom stereocenters. The van der Waals surface area contributed by atoms with Crippen LogP contribution in [0.4, 0.5) is 0 Å². The highest BCUT2D eigenvalue weighted by Crippen LogP contribution is 2.39. The minimum absolute atomic E-state index is 0.547. The van der Waals surface area contributed by atoms with Crippen LogP contribution in [0.25, 0.3) is 0 Å². The molecular weight excluding hydrogens is 312 g/mol. The summed E-state index contributed by atoms with van der Waals surface area (Å²) in [5.41, 5.74) is 2.78. The van der Waals surface area contributed by atoms with Gasteiger partial charge in [-0.3, -0.25) is 4.90 Å². The first-order valence-corrected chi connectivity index (χ1v) is 8.61. The Morgan fingerprint density at radius 1 is 1.40 bits per heavy atom. The highest BCUT2D eigenvalue weighted by Gasteiger charge is 2.32. The molecule has 2 rings (SSSR count). The van der Waals surface area contributed by atoms with E-state index in [9.17, 15) is 0 Å². The van der Waals surface area contributed by atoms with E-state index < -0.39 is 0 Å². The zero-order chi connectivity index (χ0) is 14.5. The summed E-state index contributed by atoms with van der Waals surface area (Å²) in [4.78, 5) is 2.68. The number of benzene rings is 1. The van der Waals surface area contributed by atoms with Gasteiger partial charge in [-0.1, -0.05) is 35.0 Å². The molecule has 0 radical (unpaired) electrons.